The van der Waals surface area contributed by atoms with Crippen molar-refractivity contribution in [3.05, 3.63) is 90.1 Å². The van der Waals surface area contributed by atoms with E-state index < -0.39 is 0 Å². The second-order valence-corrected chi connectivity index (χ2v) is 5.01. The van der Waals surface area contributed by atoms with Crippen LogP contribution in [0.1, 0.15) is 18.2 Å². The van der Waals surface area contributed by atoms with E-state index in [4.69, 9.17) is 4.98 Å². The first-order valence-corrected chi connectivity index (χ1v) is 7.09. The topological polar surface area (TPSA) is 12.9 Å². The second-order valence-electron chi connectivity index (χ2n) is 5.01. The molecule has 0 saturated heterocycles. The molecule has 3 aromatic rings. The zero-order valence-corrected chi connectivity index (χ0v) is 12.0. The number of pyridine rings is 1. The fourth-order valence-corrected chi connectivity index (χ4v) is 2.30. The van der Waals surface area contributed by atoms with Crippen LogP contribution in [0.15, 0.2) is 78.9 Å². The summed E-state index contributed by atoms with van der Waals surface area (Å²) in [5, 5.41) is 0. The highest BCUT2D eigenvalue weighted by Gasteiger charge is 2.02. The van der Waals surface area contributed by atoms with Gasteiger partial charge in [0.2, 0.25) is 0 Å². The minimum atomic E-state index is 1.01. The van der Waals surface area contributed by atoms with Gasteiger partial charge >= 0.3 is 0 Å². The van der Waals surface area contributed by atoms with Gasteiger partial charge in [0, 0.05) is 5.56 Å². The third kappa shape index (κ3) is 3.26. The van der Waals surface area contributed by atoms with Crippen molar-refractivity contribution in [3.8, 4) is 11.3 Å². The maximum atomic E-state index is 4.77. The van der Waals surface area contributed by atoms with E-state index in [1.54, 1.807) is 0 Å². The van der Waals surface area contributed by atoms with Gasteiger partial charge in [-0.15, -0.1) is 0 Å². The minimum Gasteiger partial charge on any atom is -0.248 e. The lowest BCUT2D eigenvalue weighted by molar-refractivity contribution is 1.27. The molecule has 0 fully saturated rings. The first-order valence-electron chi connectivity index (χ1n) is 7.09. The average molecular weight is 271 g/mol. The Kier molecular flexibility index (Phi) is 3.92. The smallest absolute Gasteiger partial charge is 0.0709 e. The van der Waals surface area contributed by atoms with Gasteiger partial charge in [-0.3, -0.25) is 0 Å². The SMILES string of the molecule is CC(=Cc1ccccc1)c1cccc(-c2ccccc2)n1. The van der Waals surface area contributed by atoms with Crippen LogP contribution in [-0.2, 0) is 0 Å². The Morgan fingerprint density at radius 2 is 1.43 bits per heavy atom. The molecule has 0 saturated carbocycles. The van der Waals surface area contributed by atoms with E-state index in [2.05, 4.69) is 55.5 Å². The van der Waals surface area contributed by atoms with Crippen LogP contribution in [-0.4, -0.2) is 4.98 Å². The van der Waals surface area contributed by atoms with Gasteiger partial charge in [-0.25, -0.2) is 4.98 Å². The third-order valence-corrected chi connectivity index (χ3v) is 3.41. The largest absolute Gasteiger partial charge is 0.248 e. The summed E-state index contributed by atoms with van der Waals surface area (Å²) in [6.07, 6.45) is 2.16. The van der Waals surface area contributed by atoms with E-state index in [1.165, 1.54) is 11.1 Å². The molecule has 1 aromatic heterocycles. The maximum absolute atomic E-state index is 4.77. The molecule has 1 nitrogen and oxygen atoms in total. The van der Waals surface area contributed by atoms with Crippen molar-refractivity contribution in [1.82, 2.24) is 4.98 Å². The molecule has 0 N–H and O–H groups in total. The van der Waals surface area contributed by atoms with E-state index in [0.29, 0.717) is 0 Å². The zero-order valence-electron chi connectivity index (χ0n) is 12.0. The van der Waals surface area contributed by atoms with Crippen LogP contribution in [0.3, 0.4) is 0 Å². The Morgan fingerprint density at radius 1 is 0.762 bits per heavy atom. The quantitative estimate of drug-likeness (QED) is 0.629. The number of hydrogen-bond acceptors (Lipinski definition) is 1. The van der Waals surface area contributed by atoms with Crippen molar-refractivity contribution in [1.29, 1.82) is 0 Å². The molecule has 0 atom stereocenters. The number of benzene rings is 2. The Bertz CT molecular complexity index is 743. The Morgan fingerprint density at radius 3 is 2.14 bits per heavy atom. The molecule has 0 spiro atoms. The van der Waals surface area contributed by atoms with Crippen LogP contribution >= 0.6 is 0 Å². The molecule has 102 valence electrons. The lowest BCUT2D eigenvalue weighted by Crippen LogP contribution is -1.89. The monoisotopic (exact) mass is 271 g/mol. The lowest BCUT2D eigenvalue weighted by atomic mass is 10.1. The molecular weight excluding hydrogens is 254 g/mol. The van der Waals surface area contributed by atoms with Crippen molar-refractivity contribution in [2.24, 2.45) is 0 Å². The number of allylic oxidation sites excluding steroid dienone is 1. The van der Waals surface area contributed by atoms with Gasteiger partial charge in [0.05, 0.1) is 11.4 Å². The van der Waals surface area contributed by atoms with Gasteiger partial charge < -0.3 is 0 Å². The van der Waals surface area contributed by atoms with E-state index in [0.717, 1.165) is 17.0 Å². The molecule has 0 aliphatic heterocycles. The lowest BCUT2D eigenvalue weighted by Gasteiger charge is -2.05. The first-order chi connectivity index (χ1) is 10.3. The summed E-state index contributed by atoms with van der Waals surface area (Å²) in [4.78, 5) is 4.77. The molecule has 0 aliphatic rings. The second kappa shape index (κ2) is 6.19. The molecule has 0 unspecified atom stereocenters. The highest BCUT2D eigenvalue weighted by Crippen LogP contribution is 2.21. The summed E-state index contributed by atoms with van der Waals surface area (Å²) in [6.45, 7) is 2.10. The van der Waals surface area contributed by atoms with Crippen LogP contribution in [0.25, 0.3) is 22.9 Å². The molecule has 1 heteroatoms. The normalized spacial score (nSPS) is 11.4. The van der Waals surface area contributed by atoms with Crippen molar-refractivity contribution in [2.45, 2.75) is 6.92 Å². The van der Waals surface area contributed by atoms with Gasteiger partial charge in [-0.05, 0) is 36.3 Å². The number of nitrogens with zero attached hydrogens (tertiary/aromatic N) is 1. The Balaban J connectivity index is 1.95. The Hall–Kier alpha value is -2.67. The van der Waals surface area contributed by atoms with Crippen LogP contribution < -0.4 is 0 Å². The van der Waals surface area contributed by atoms with Crippen LogP contribution in [0.5, 0.6) is 0 Å². The zero-order chi connectivity index (χ0) is 14.5. The van der Waals surface area contributed by atoms with Gasteiger partial charge in [0.25, 0.3) is 0 Å². The van der Waals surface area contributed by atoms with E-state index in [1.807, 2.05) is 36.4 Å². The summed E-state index contributed by atoms with van der Waals surface area (Å²) < 4.78 is 0. The van der Waals surface area contributed by atoms with Crippen molar-refractivity contribution >= 4 is 11.6 Å². The fourth-order valence-electron chi connectivity index (χ4n) is 2.30. The molecule has 0 radical (unpaired) electrons. The predicted molar refractivity (Wildman–Crippen MR) is 89.7 cm³/mol. The van der Waals surface area contributed by atoms with E-state index in [-0.39, 0.29) is 0 Å². The maximum Gasteiger partial charge on any atom is 0.0709 e. The molecule has 1 heterocycles. The van der Waals surface area contributed by atoms with Crippen molar-refractivity contribution < 1.29 is 0 Å². The van der Waals surface area contributed by atoms with Crippen molar-refractivity contribution in [3.63, 3.8) is 0 Å². The summed E-state index contributed by atoms with van der Waals surface area (Å²) in [5.74, 6) is 0. The van der Waals surface area contributed by atoms with Crippen molar-refractivity contribution in [2.75, 3.05) is 0 Å². The molecular formula is C20H17N. The van der Waals surface area contributed by atoms with Crippen LogP contribution in [0.4, 0.5) is 0 Å². The number of hydrogen-bond donors (Lipinski definition) is 0. The predicted octanol–water partition coefficient (Wildman–Crippen LogP) is 5.31. The highest BCUT2D eigenvalue weighted by atomic mass is 14.7. The molecule has 0 aliphatic carbocycles. The first kappa shape index (κ1) is 13.3. The van der Waals surface area contributed by atoms with Gasteiger partial charge in [0.15, 0.2) is 0 Å². The van der Waals surface area contributed by atoms with Gasteiger partial charge in [-0.2, -0.15) is 0 Å². The Labute approximate surface area is 125 Å². The molecule has 2 aromatic carbocycles. The molecule has 0 amide bonds. The minimum absolute atomic E-state index is 1.01. The standard InChI is InChI=1S/C20H17N/c1-16(15-17-9-4-2-5-10-17)19-13-8-14-20(21-19)18-11-6-3-7-12-18/h2-15H,1H3. The third-order valence-electron chi connectivity index (χ3n) is 3.41. The summed E-state index contributed by atoms with van der Waals surface area (Å²) in [7, 11) is 0. The summed E-state index contributed by atoms with van der Waals surface area (Å²) in [6, 6.07) is 26.8. The average Bonchev–Trinajstić information content (AvgIpc) is 2.57. The number of rotatable bonds is 3. The summed E-state index contributed by atoms with van der Waals surface area (Å²) >= 11 is 0. The fraction of sp³-hybridized carbons (Fsp3) is 0.0500. The molecule has 21 heavy (non-hydrogen) atoms. The van der Waals surface area contributed by atoms with Gasteiger partial charge in [-0.1, -0.05) is 66.7 Å². The van der Waals surface area contributed by atoms with E-state index in [9.17, 15) is 0 Å². The molecule has 3 rings (SSSR count). The van der Waals surface area contributed by atoms with Crippen LogP contribution in [0, 0.1) is 0 Å². The number of aromatic nitrogens is 1. The van der Waals surface area contributed by atoms with Crippen LogP contribution in [0.2, 0.25) is 0 Å². The summed E-state index contributed by atoms with van der Waals surface area (Å²) in [5.41, 5.74) is 5.53. The van der Waals surface area contributed by atoms with E-state index >= 15 is 0 Å². The van der Waals surface area contributed by atoms with Gasteiger partial charge in [0.1, 0.15) is 0 Å². The molecule has 0 bridgehead atoms. The highest BCUT2D eigenvalue weighted by molar-refractivity contribution is 5.79.